The van der Waals surface area contributed by atoms with Gasteiger partial charge in [-0.25, -0.2) is 0 Å². The summed E-state index contributed by atoms with van der Waals surface area (Å²) in [5.74, 6) is 1.71. The molecule has 158 valence electrons. The van der Waals surface area contributed by atoms with Crippen LogP contribution in [-0.4, -0.2) is 71.2 Å². The van der Waals surface area contributed by atoms with E-state index < -0.39 is 0 Å². The Kier molecular flexibility index (Phi) is 5.75. The van der Waals surface area contributed by atoms with E-state index in [0.717, 1.165) is 49.8 Å². The van der Waals surface area contributed by atoms with Crippen molar-refractivity contribution in [2.45, 2.75) is 33.2 Å². The monoisotopic (exact) mass is 405 g/mol. The molecule has 0 spiro atoms. The second-order valence-electron chi connectivity index (χ2n) is 8.57. The molecule has 0 atom stereocenters. The van der Waals surface area contributed by atoms with Gasteiger partial charge >= 0.3 is 0 Å². The maximum atomic E-state index is 11.5. The molecule has 1 fully saturated rings. The van der Waals surface area contributed by atoms with E-state index in [1.54, 1.807) is 6.92 Å². The number of aliphatic imine (C=N–C) groups is 1. The largest absolute Gasteiger partial charge is 0.370 e. The number of benzene rings is 1. The first-order valence-corrected chi connectivity index (χ1v) is 10.8. The normalized spacial score (nSPS) is 16.8. The van der Waals surface area contributed by atoms with Gasteiger partial charge in [0.2, 0.25) is 5.91 Å². The van der Waals surface area contributed by atoms with Crippen LogP contribution in [0.15, 0.2) is 47.1 Å². The van der Waals surface area contributed by atoms with Crippen LogP contribution < -0.4 is 0 Å². The van der Waals surface area contributed by atoms with E-state index in [2.05, 4.69) is 67.1 Å². The van der Waals surface area contributed by atoms with Gasteiger partial charge in [0.25, 0.3) is 0 Å². The van der Waals surface area contributed by atoms with Crippen molar-refractivity contribution in [3.8, 4) is 0 Å². The van der Waals surface area contributed by atoms with Gasteiger partial charge in [-0.15, -0.1) is 0 Å². The van der Waals surface area contributed by atoms with E-state index >= 15 is 0 Å². The Morgan fingerprint density at radius 1 is 1.13 bits per heavy atom. The number of piperazine rings is 1. The van der Waals surface area contributed by atoms with Gasteiger partial charge in [-0.1, -0.05) is 26.0 Å². The number of nitrogens with zero attached hydrogens (tertiary/aromatic N) is 5. The summed E-state index contributed by atoms with van der Waals surface area (Å²) >= 11 is 0. The van der Waals surface area contributed by atoms with Crippen LogP contribution in [0.5, 0.6) is 0 Å². The third kappa shape index (κ3) is 4.32. The lowest BCUT2D eigenvalue weighted by atomic mass is 10.0. The summed E-state index contributed by atoms with van der Waals surface area (Å²) in [6.07, 6.45) is 2.18. The topological polar surface area (TPSA) is 52.0 Å². The molecule has 0 radical (unpaired) electrons. The molecular formula is C24H31N5O. The zero-order chi connectivity index (χ0) is 21.3. The molecule has 30 heavy (non-hydrogen) atoms. The van der Waals surface area contributed by atoms with Gasteiger partial charge in [0, 0.05) is 57.3 Å². The Hall–Kier alpha value is -2.89. The van der Waals surface area contributed by atoms with Gasteiger partial charge in [-0.2, -0.15) is 0 Å². The first-order valence-electron chi connectivity index (χ1n) is 10.8. The number of pyridine rings is 1. The Balaban J connectivity index is 1.39. The molecule has 3 heterocycles. The molecule has 1 aromatic carbocycles. The third-order valence-corrected chi connectivity index (χ3v) is 6.07. The SMILES string of the molecule is CC(=O)N1CCN(C2=NCC(N(C)Cc3ccc4cc(C(C)C)ccc4n3)=C2)CC1. The summed E-state index contributed by atoms with van der Waals surface area (Å²) in [6, 6.07) is 10.9. The number of likely N-dealkylation sites (N-methyl/N-ethyl adjacent to an activating group) is 1. The predicted octanol–water partition coefficient (Wildman–Crippen LogP) is 3.25. The number of amidine groups is 1. The predicted molar refractivity (Wildman–Crippen MR) is 122 cm³/mol. The molecule has 1 aromatic heterocycles. The fourth-order valence-electron chi connectivity index (χ4n) is 4.05. The highest BCUT2D eigenvalue weighted by Gasteiger charge is 2.23. The molecule has 2 aliphatic rings. The highest BCUT2D eigenvalue weighted by Crippen LogP contribution is 2.22. The summed E-state index contributed by atoms with van der Waals surface area (Å²) in [4.78, 5) is 27.5. The number of fused-ring (bicyclic) bond motifs is 1. The summed E-state index contributed by atoms with van der Waals surface area (Å²) in [5.41, 5.74) is 4.66. The number of carbonyl (C=O) groups excluding carboxylic acids is 1. The molecular weight excluding hydrogens is 374 g/mol. The number of rotatable bonds is 4. The molecule has 6 heteroatoms. The first-order chi connectivity index (χ1) is 14.4. The second kappa shape index (κ2) is 8.46. The number of aromatic nitrogens is 1. The van der Waals surface area contributed by atoms with Crippen molar-refractivity contribution in [1.29, 1.82) is 0 Å². The molecule has 1 amide bonds. The summed E-state index contributed by atoms with van der Waals surface area (Å²) < 4.78 is 0. The van der Waals surface area contributed by atoms with E-state index in [1.165, 1.54) is 16.6 Å². The van der Waals surface area contributed by atoms with Crippen LogP contribution in [0.3, 0.4) is 0 Å². The van der Waals surface area contributed by atoms with Crippen LogP contribution in [-0.2, 0) is 11.3 Å². The molecule has 6 nitrogen and oxygen atoms in total. The van der Waals surface area contributed by atoms with Gasteiger partial charge in [0.05, 0.1) is 24.3 Å². The quantitative estimate of drug-likeness (QED) is 0.784. The van der Waals surface area contributed by atoms with Gasteiger partial charge in [-0.05, 0) is 29.7 Å². The van der Waals surface area contributed by atoms with Crippen LogP contribution in [0, 0.1) is 0 Å². The van der Waals surface area contributed by atoms with E-state index in [9.17, 15) is 4.79 Å². The summed E-state index contributed by atoms with van der Waals surface area (Å²) in [5, 5.41) is 1.20. The van der Waals surface area contributed by atoms with Crippen molar-refractivity contribution in [3.05, 3.63) is 53.4 Å². The van der Waals surface area contributed by atoms with Crippen LogP contribution in [0.1, 0.15) is 37.9 Å². The number of amides is 1. The molecule has 1 saturated heterocycles. The maximum Gasteiger partial charge on any atom is 0.219 e. The number of carbonyl (C=O) groups is 1. The van der Waals surface area contributed by atoms with Crippen molar-refractivity contribution in [3.63, 3.8) is 0 Å². The minimum absolute atomic E-state index is 0.155. The van der Waals surface area contributed by atoms with E-state index in [1.807, 2.05) is 4.90 Å². The van der Waals surface area contributed by atoms with Crippen molar-refractivity contribution in [1.82, 2.24) is 19.7 Å². The minimum atomic E-state index is 0.155. The van der Waals surface area contributed by atoms with Gasteiger partial charge < -0.3 is 14.7 Å². The molecule has 2 aliphatic heterocycles. The standard InChI is InChI=1S/C24H31N5O/c1-17(2)19-6-8-23-20(13-19)5-7-21(26-23)16-27(4)22-14-24(25-15-22)29-11-9-28(10-12-29)18(3)30/h5-8,13-14,17H,9-12,15-16H2,1-4H3. The lowest BCUT2D eigenvalue weighted by molar-refractivity contribution is -0.130. The van der Waals surface area contributed by atoms with E-state index in [4.69, 9.17) is 9.98 Å². The highest BCUT2D eigenvalue weighted by molar-refractivity contribution is 5.95. The molecule has 0 N–H and O–H groups in total. The molecule has 2 aromatic rings. The fraction of sp³-hybridized carbons (Fsp3) is 0.458. The van der Waals surface area contributed by atoms with Gasteiger partial charge in [0.15, 0.2) is 0 Å². The van der Waals surface area contributed by atoms with Crippen LogP contribution in [0.25, 0.3) is 10.9 Å². The Morgan fingerprint density at radius 2 is 1.90 bits per heavy atom. The molecule has 0 aliphatic carbocycles. The lowest BCUT2D eigenvalue weighted by Crippen LogP contribution is -2.49. The summed E-state index contributed by atoms with van der Waals surface area (Å²) in [6.45, 7) is 10.8. The third-order valence-electron chi connectivity index (χ3n) is 6.07. The molecule has 0 saturated carbocycles. The zero-order valence-electron chi connectivity index (χ0n) is 18.4. The molecule has 4 rings (SSSR count). The molecule has 0 unspecified atom stereocenters. The fourth-order valence-corrected chi connectivity index (χ4v) is 4.05. The number of hydrogen-bond acceptors (Lipinski definition) is 5. The zero-order valence-corrected chi connectivity index (χ0v) is 18.4. The number of hydrogen-bond donors (Lipinski definition) is 0. The Labute approximate surface area is 178 Å². The van der Waals surface area contributed by atoms with Crippen LogP contribution >= 0.6 is 0 Å². The Bertz CT molecular complexity index is 1000. The second-order valence-corrected chi connectivity index (χ2v) is 8.57. The van der Waals surface area contributed by atoms with Gasteiger partial charge in [0.1, 0.15) is 5.84 Å². The van der Waals surface area contributed by atoms with Crippen LogP contribution in [0.2, 0.25) is 0 Å². The van der Waals surface area contributed by atoms with Crippen molar-refractivity contribution >= 4 is 22.6 Å². The minimum Gasteiger partial charge on any atom is -0.370 e. The highest BCUT2D eigenvalue weighted by atomic mass is 16.2. The summed E-state index contributed by atoms with van der Waals surface area (Å²) in [7, 11) is 2.10. The van der Waals surface area contributed by atoms with E-state index in [0.29, 0.717) is 12.5 Å². The average molecular weight is 406 g/mol. The maximum absolute atomic E-state index is 11.5. The lowest BCUT2D eigenvalue weighted by Gasteiger charge is -2.35. The van der Waals surface area contributed by atoms with Crippen molar-refractivity contribution in [2.75, 3.05) is 39.8 Å². The Morgan fingerprint density at radius 3 is 2.60 bits per heavy atom. The van der Waals surface area contributed by atoms with Crippen LogP contribution in [0.4, 0.5) is 0 Å². The smallest absolute Gasteiger partial charge is 0.219 e. The van der Waals surface area contributed by atoms with Gasteiger partial charge in [-0.3, -0.25) is 14.8 Å². The van der Waals surface area contributed by atoms with Crippen molar-refractivity contribution < 1.29 is 4.79 Å². The first kappa shape index (κ1) is 20.4. The average Bonchev–Trinajstić information content (AvgIpc) is 3.24. The van der Waals surface area contributed by atoms with E-state index in [-0.39, 0.29) is 5.91 Å². The van der Waals surface area contributed by atoms with Crippen molar-refractivity contribution in [2.24, 2.45) is 4.99 Å². The molecule has 0 bridgehead atoms.